The molecule has 2 aromatic carbocycles. The van der Waals surface area contributed by atoms with Gasteiger partial charge in [-0.25, -0.2) is 4.79 Å². The SMILES string of the molecule is CCCCc1ccc(CCCCOCc2cccc(C=Cc3cccc(C(=O)O)c3)n2)cc1. The van der Waals surface area contributed by atoms with Crippen LogP contribution >= 0.6 is 0 Å². The molecule has 0 spiro atoms. The molecule has 1 heterocycles. The molecule has 172 valence electrons. The van der Waals surface area contributed by atoms with Crippen LogP contribution in [0.4, 0.5) is 0 Å². The lowest BCUT2D eigenvalue weighted by molar-refractivity contribution is 0.0697. The van der Waals surface area contributed by atoms with Crippen molar-refractivity contribution in [1.29, 1.82) is 0 Å². The average molecular weight is 444 g/mol. The highest BCUT2D eigenvalue weighted by Crippen LogP contribution is 2.12. The number of benzene rings is 2. The van der Waals surface area contributed by atoms with E-state index < -0.39 is 5.97 Å². The predicted octanol–water partition coefficient (Wildman–Crippen LogP) is 6.83. The van der Waals surface area contributed by atoms with Crippen molar-refractivity contribution < 1.29 is 14.6 Å². The summed E-state index contributed by atoms with van der Waals surface area (Å²) in [5, 5.41) is 9.11. The van der Waals surface area contributed by atoms with Gasteiger partial charge in [0.1, 0.15) is 0 Å². The third kappa shape index (κ3) is 8.66. The maximum atomic E-state index is 11.1. The molecule has 0 saturated heterocycles. The maximum Gasteiger partial charge on any atom is 0.335 e. The minimum Gasteiger partial charge on any atom is -0.478 e. The van der Waals surface area contributed by atoms with Gasteiger partial charge in [0.25, 0.3) is 0 Å². The van der Waals surface area contributed by atoms with E-state index in [-0.39, 0.29) is 5.56 Å². The van der Waals surface area contributed by atoms with E-state index in [9.17, 15) is 4.79 Å². The van der Waals surface area contributed by atoms with Crippen molar-refractivity contribution in [1.82, 2.24) is 4.98 Å². The topological polar surface area (TPSA) is 59.4 Å². The monoisotopic (exact) mass is 443 g/mol. The molecule has 0 bridgehead atoms. The van der Waals surface area contributed by atoms with Crippen molar-refractivity contribution in [2.75, 3.05) is 6.61 Å². The van der Waals surface area contributed by atoms with Crippen LogP contribution in [-0.4, -0.2) is 22.7 Å². The number of nitrogens with zero attached hydrogens (tertiary/aromatic N) is 1. The van der Waals surface area contributed by atoms with Gasteiger partial charge in [-0.15, -0.1) is 0 Å². The molecule has 1 aromatic heterocycles. The standard InChI is InChI=1S/C29H33NO3/c1-2-3-8-23-14-16-24(17-15-23)9-4-5-20-33-22-28-13-7-12-27(30-28)19-18-25-10-6-11-26(21-25)29(31)32/h6-7,10-19,21H,2-5,8-9,20,22H2,1H3,(H,31,32). The number of hydrogen-bond donors (Lipinski definition) is 1. The van der Waals surface area contributed by atoms with E-state index in [1.54, 1.807) is 18.2 Å². The quantitative estimate of drug-likeness (QED) is 0.294. The van der Waals surface area contributed by atoms with Crippen LogP contribution in [0.25, 0.3) is 12.2 Å². The van der Waals surface area contributed by atoms with Crippen LogP contribution in [0.1, 0.15) is 71.0 Å². The molecule has 1 N–H and O–H groups in total. The summed E-state index contributed by atoms with van der Waals surface area (Å²) >= 11 is 0. The molecule has 0 saturated carbocycles. The smallest absolute Gasteiger partial charge is 0.335 e. The molecular weight excluding hydrogens is 410 g/mol. The molecule has 0 aliphatic rings. The number of carboxylic acids is 1. The molecule has 0 fully saturated rings. The Bertz CT molecular complexity index is 1040. The van der Waals surface area contributed by atoms with E-state index in [4.69, 9.17) is 9.84 Å². The Kier molecular flexibility index (Phi) is 9.86. The van der Waals surface area contributed by atoms with Crippen LogP contribution in [0, 0.1) is 0 Å². The van der Waals surface area contributed by atoms with Gasteiger partial charge in [0.05, 0.1) is 23.6 Å². The van der Waals surface area contributed by atoms with Gasteiger partial charge in [-0.3, -0.25) is 4.98 Å². The summed E-state index contributed by atoms with van der Waals surface area (Å²) in [6, 6.07) is 21.7. The van der Waals surface area contributed by atoms with E-state index in [1.807, 2.05) is 36.4 Å². The highest BCUT2D eigenvalue weighted by atomic mass is 16.5. The largest absolute Gasteiger partial charge is 0.478 e. The average Bonchev–Trinajstić information content (AvgIpc) is 2.85. The van der Waals surface area contributed by atoms with Crippen molar-refractivity contribution in [3.05, 3.63) is 100 Å². The molecule has 4 heteroatoms. The lowest BCUT2D eigenvalue weighted by Gasteiger charge is -2.06. The van der Waals surface area contributed by atoms with Gasteiger partial charge in [0.15, 0.2) is 0 Å². The molecule has 0 radical (unpaired) electrons. The van der Waals surface area contributed by atoms with E-state index in [0.29, 0.717) is 6.61 Å². The van der Waals surface area contributed by atoms with Crippen molar-refractivity contribution in [3.63, 3.8) is 0 Å². The molecule has 3 aromatic rings. The fraction of sp³-hybridized carbons (Fsp3) is 0.310. The Morgan fingerprint density at radius 1 is 0.909 bits per heavy atom. The fourth-order valence-corrected chi connectivity index (χ4v) is 3.59. The Morgan fingerprint density at radius 2 is 1.64 bits per heavy atom. The third-order valence-corrected chi connectivity index (χ3v) is 5.50. The minimum atomic E-state index is -0.928. The summed E-state index contributed by atoms with van der Waals surface area (Å²) in [7, 11) is 0. The van der Waals surface area contributed by atoms with Crippen molar-refractivity contribution >= 4 is 18.1 Å². The summed E-state index contributed by atoms with van der Waals surface area (Å²) in [5.41, 5.74) is 5.64. The molecule has 0 unspecified atom stereocenters. The van der Waals surface area contributed by atoms with Gasteiger partial charge < -0.3 is 9.84 Å². The first-order valence-electron chi connectivity index (χ1n) is 11.8. The summed E-state index contributed by atoms with van der Waals surface area (Å²) in [4.78, 5) is 15.7. The van der Waals surface area contributed by atoms with Gasteiger partial charge in [0, 0.05) is 6.61 Å². The van der Waals surface area contributed by atoms with Crippen molar-refractivity contribution in [2.24, 2.45) is 0 Å². The Labute approximate surface area is 197 Å². The summed E-state index contributed by atoms with van der Waals surface area (Å²) < 4.78 is 5.83. The number of aromatic carboxylic acids is 1. The molecule has 0 atom stereocenters. The zero-order chi connectivity index (χ0) is 23.3. The second-order valence-corrected chi connectivity index (χ2v) is 8.25. The number of ether oxygens (including phenoxy) is 1. The number of unbranched alkanes of at least 4 members (excludes halogenated alkanes) is 2. The lowest BCUT2D eigenvalue weighted by atomic mass is 10.0. The zero-order valence-electron chi connectivity index (χ0n) is 19.4. The number of aromatic nitrogens is 1. The summed E-state index contributed by atoms with van der Waals surface area (Å²) in [6.07, 6.45) is 10.6. The van der Waals surface area contributed by atoms with E-state index >= 15 is 0 Å². The van der Waals surface area contributed by atoms with Crippen LogP contribution in [0.3, 0.4) is 0 Å². The summed E-state index contributed by atoms with van der Waals surface area (Å²) in [6.45, 7) is 3.44. The van der Waals surface area contributed by atoms with Crippen LogP contribution in [-0.2, 0) is 24.2 Å². The van der Waals surface area contributed by atoms with E-state index in [2.05, 4.69) is 36.2 Å². The number of hydrogen-bond acceptors (Lipinski definition) is 3. The Balaban J connectivity index is 1.38. The molecule has 0 amide bonds. The van der Waals surface area contributed by atoms with Gasteiger partial charge in [-0.05, 0) is 79.1 Å². The second kappa shape index (κ2) is 13.3. The normalized spacial score (nSPS) is 11.2. The first kappa shape index (κ1) is 24.4. The van der Waals surface area contributed by atoms with E-state index in [1.165, 1.54) is 30.4 Å². The Morgan fingerprint density at radius 3 is 2.36 bits per heavy atom. The number of rotatable bonds is 13. The lowest BCUT2D eigenvalue weighted by Crippen LogP contribution is -1.99. The number of carboxylic acid groups (broad SMARTS) is 1. The van der Waals surface area contributed by atoms with Crippen LogP contribution in [0.5, 0.6) is 0 Å². The highest BCUT2D eigenvalue weighted by Gasteiger charge is 2.02. The molecule has 3 rings (SSSR count). The fourth-order valence-electron chi connectivity index (χ4n) is 3.59. The predicted molar refractivity (Wildman–Crippen MR) is 134 cm³/mol. The van der Waals surface area contributed by atoms with Gasteiger partial charge in [0.2, 0.25) is 0 Å². The third-order valence-electron chi connectivity index (χ3n) is 5.50. The van der Waals surface area contributed by atoms with Gasteiger partial charge in [-0.1, -0.05) is 61.9 Å². The van der Waals surface area contributed by atoms with Crippen LogP contribution in [0.15, 0.2) is 66.7 Å². The molecule has 33 heavy (non-hydrogen) atoms. The number of pyridine rings is 1. The molecule has 0 aliphatic carbocycles. The minimum absolute atomic E-state index is 0.274. The number of carbonyl (C=O) groups is 1. The first-order chi connectivity index (χ1) is 16.1. The Hall–Kier alpha value is -3.24. The zero-order valence-corrected chi connectivity index (χ0v) is 19.4. The number of aryl methyl sites for hydroxylation is 2. The van der Waals surface area contributed by atoms with Crippen molar-refractivity contribution in [3.8, 4) is 0 Å². The molecule has 0 aliphatic heterocycles. The van der Waals surface area contributed by atoms with Crippen LogP contribution in [0.2, 0.25) is 0 Å². The van der Waals surface area contributed by atoms with E-state index in [0.717, 1.165) is 42.8 Å². The second-order valence-electron chi connectivity index (χ2n) is 8.25. The first-order valence-corrected chi connectivity index (χ1v) is 11.8. The van der Waals surface area contributed by atoms with Crippen molar-refractivity contribution in [2.45, 2.75) is 52.1 Å². The summed E-state index contributed by atoms with van der Waals surface area (Å²) in [5.74, 6) is -0.928. The van der Waals surface area contributed by atoms with Gasteiger partial charge in [-0.2, -0.15) is 0 Å². The molecule has 4 nitrogen and oxygen atoms in total. The van der Waals surface area contributed by atoms with Crippen LogP contribution < -0.4 is 0 Å². The van der Waals surface area contributed by atoms with Gasteiger partial charge >= 0.3 is 5.97 Å². The highest BCUT2D eigenvalue weighted by molar-refractivity contribution is 5.88. The maximum absolute atomic E-state index is 11.1. The molecular formula is C29H33NO3.